The summed E-state index contributed by atoms with van der Waals surface area (Å²) in [7, 11) is 0. The average molecular weight is 313 g/mol. The van der Waals surface area contributed by atoms with E-state index in [0.29, 0.717) is 4.47 Å². The lowest BCUT2D eigenvalue weighted by molar-refractivity contribution is -0.386. The number of rotatable bonds is 5. The monoisotopic (exact) mass is 312 g/mol. The Hall–Kier alpha value is -1.35. The summed E-state index contributed by atoms with van der Waals surface area (Å²) < 4.78 is 30.2. The van der Waals surface area contributed by atoms with E-state index in [4.69, 9.17) is 5.11 Å². The van der Waals surface area contributed by atoms with Crippen molar-refractivity contribution in [1.29, 1.82) is 0 Å². The van der Waals surface area contributed by atoms with Crippen molar-refractivity contribution in [2.24, 2.45) is 0 Å². The Balaban J connectivity index is 2.88. The van der Waals surface area contributed by atoms with E-state index in [2.05, 4.69) is 25.7 Å². The second-order valence-electron chi connectivity index (χ2n) is 3.04. The predicted octanol–water partition coefficient (Wildman–Crippen LogP) is 1.76. The molecule has 6 nitrogen and oxygen atoms in total. The Morgan fingerprint density at radius 1 is 1.65 bits per heavy atom. The molecule has 0 spiro atoms. The molecule has 0 aliphatic carbocycles. The number of nitrogens with zero attached hydrogens (tertiary/aromatic N) is 2. The number of halogens is 3. The van der Waals surface area contributed by atoms with Crippen LogP contribution in [0, 0.1) is 10.1 Å². The van der Waals surface area contributed by atoms with Gasteiger partial charge < -0.3 is 9.84 Å². The average Bonchev–Trinajstić information content (AvgIpc) is 2.27. The minimum atomic E-state index is -3.47. The molecule has 0 aliphatic heterocycles. The zero-order valence-corrected chi connectivity index (χ0v) is 9.86. The Morgan fingerprint density at radius 2 is 2.29 bits per heavy atom. The van der Waals surface area contributed by atoms with Crippen molar-refractivity contribution in [2.75, 3.05) is 13.2 Å². The van der Waals surface area contributed by atoms with Gasteiger partial charge in [0.05, 0.1) is 4.92 Å². The summed E-state index contributed by atoms with van der Waals surface area (Å²) >= 11 is 2.96. The molecular weight excluding hydrogens is 306 g/mol. The molecule has 0 atom stereocenters. The summed E-state index contributed by atoms with van der Waals surface area (Å²) in [5.41, 5.74) is -0.534. The molecule has 0 saturated heterocycles. The summed E-state index contributed by atoms with van der Waals surface area (Å²) in [4.78, 5) is 13.3. The van der Waals surface area contributed by atoms with E-state index >= 15 is 0 Å². The minimum absolute atomic E-state index is 0.325. The van der Waals surface area contributed by atoms with Gasteiger partial charge in [0.15, 0.2) is 6.61 Å². The van der Waals surface area contributed by atoms with Gasteiger partial charge in [-0.15, -0.1) is 0 Å². The predicted molar refractivity (Wildman–Crippen MR) is 56.1 cm³/mol. The van der Waals surface area contributed by atoms with Gasteiger partial charge >= 0.3 is 11.6 Å². The van der Waals surface area contributed by atoms with Crippen LogP contribution in [0.15, 0.2) is 16.7 Å². The fourth-order valence-electron chi connectivity index (χ4n) is 0.878. The lowest BCUT2D eigenvalue weighted by Crippen LogP contribution is -2.30. The van der Waals surface area contributed by atoms with Crippen molar-refractivity contribution in [3.8, 4) is 5.88 Å². The zero-order valence-electron chi connectivity index (χ0n) is 8.27. The van der Waals surface area contributed by atoms with Crippen molar-refractivity contribution in [1.82, 2.24) is 4.98 Å². The molecule has 0 bridgehead atoms. The second-order valence-corrected chi connectivity index (χ2v) is 3.95. The highest BCUT2D eigenvalue weighted by Gasteiger charge is 2.30. The first-order valence-electron chi connectivity index (χ1n) is 4.27. The smallest absolute Gasteiger partial charge is 0.332 e. The van der Waals surface area contributed by atoms with Gasteiger partial charge in [0.1, 0.15) is 6.61 Å². The highest BCUT2D eigenvalue weighted by molar-refractivity contribution is 9.10. The van der Waals surface area contributed by atoms with Gasteiger partial charge in [0, 0.05) is 16.7 Å². The molecule has 0 radical (unpaired) electrons. The number of nitro groups is 1. The van der Waals surface area contributed by atoms with Crippen LogP contribution in [0.3, 0.4) is 0 Å². The summed E-state index contributed by atoms with van der Waals surface area (Å²) in [6.07, 6.45) is 1.18. The number of aliphatic hydroxyl groups is 1. The maximum atomic E-state index is 12.7. The quantitative estimate of drug-likeness (QED) is 0.661. The standard InChI is InChI=1S/C8H7BrF2N2O4/c9-5-1-6(13(15)16)7(12-2-5)17-4-8(10,11)3-14/h1-2,14H,3-4H2. The van der Waals surface area contributed by atoms with Gasteiger partial charge in [0.2, 0.25) is 0 Å². The van der Waals surface area contributed by atoms with Crippen LogP contribution < -0.4 is 4.74 Å². The number of aromatic nitrogens is 1. The minimum Gasteiger partial charge on any atom is -0.466 e. The van der Waals surface area contributed by atoms with Crippen LogP contribution in [0.1, 0.15) is 0 Å². The van der Waals surface area contributed by atoms with E-state index in [1.54, 1.807) is 0 Å². The molecule has 1 rings (SSSR count). The van der Waals surface area contributed by atoms with Gasteiger partial charge in [-0.3, -0.25) is 10.1 Å². The topological polar surface area (TPSA) is 85.5 Å². The largest absolute Gasteiger partial charge is 0.466 e. The summed E-state index contributed by atoms with van der Waals surface area (Å²) in [6, 6.07) is 1.08. The van der Waals surface area contributed by atoms with Crippen molar-refractivity contribution < 1.29 is 23.5 Å². The van der Waals surface area contributed by atoms with E-state index in [0.717, 1.165) is 6.07 Å². The van der Waals surface area contributed by atoms with Crippen molar-refractivity contribution in [3.63, 3.8) is 0 Å². The highest BCUT2D eigenvalue weighted by Crippen LogP contribution is 2.28. The summed E-state index contributed by atoms with van der Waals surface area (Å²) in [5, 5.41) is 18.9. The molecule has 0 aromatic carbocycles. The first kappa shape index (κ1) is 13.7. The van der Waals surface area contributed by atoms with E-state index in [1.165, 1.54) is 6.20 Å². The van der Waals surface area contributed by atoms with Gasteiger partial charge in [-0.2, -0.15) is 0 Å². The lowest BCUT2D eigenvalue weighted by Gasteiger charge is -2.13. The Labute approximate surface area is 103 Å². The molecule has 9 heteroatoms. The Morgan fingerprint density at radius 3 is 2.82 bits per heavy atom. The molecule has 1 aromatic rings. The van der Waals surface area contributed by atoms with Crippen molar-refractivity contribution in [2.45, 2.75) is 5.92 Å². The van der Waals surface area contributed by atoms with Gasteiger partial charge in [-0.05, 0) is 15.9 Å². The zero-order chi connectivity index (χ0) is 13.1. The molecule has 0 aliphatic rings. The van der Waals surface area contributed by atoms with Crippen LogP contribution in [-0.2, 0) is 0 Å². The maximum absolute atomic E-state index is 12.7. The van der Waals surface area contributed by atoms with Gasteiger partial charge in [0.25, 0.3) is 5.88 Å². The number of hydrogen-bond acceptors (Lipinski definition) is 5. The van der Waals surface area contributed by atoms with Crippen molar-refractivity contribution in [3.05, 3.63) is 26.9 Å². The Kier molecular flexibility index (Phi) is 4.29. The first-order valence-corrected chi connectivity index (χ1v) is 5.06. The third-order valence-corrected chi connectivity index (χ3v) is 2.08. The maximum Gasteiger partial charge on any atom is 0.332 e. The third kappa shape index (κ3) is 3.86. The van der Waals surface area contributed by atoms with E-state index in [9.17, 15) is 18.9 Å². The summed E-state index contributed by atoms with van der Waals surface area (Å²) in [5.74, 6) is -3.99. The van der Waals surface area contributed by atoms with E-state index < -0.39 is 35.6 Å². The van der Waals surface area contributed by atoms with Crippen LogP contribution in [0.25, 0.3) is 0 Å². The molecule has 1 aromatic heterocycles. The summed E-state index contributed by atoms with van der Waals surface area (Å²) in [6.45, 7) is -2.59. The SMILES string of the molecule is O=[N+]([O-])c1cc(Br)cnc1OCC(F)(F)CO. The van der Waals surface area contributed by atoms with Crippen LogP contribution in [0.4, 0.5) is 14.5 Å². The molecule has 94 valence electrons. The number of ether oxygens (including phenoxy) is 1. The number of pyridine rings is 1. The number of hydrogen-bond donors (Lipinski definition) is 1. The van der Waals surface area contributed by atoms with Crippen molar-refractivity contribution >= 4 is 21.6 Å². The van der Waals surface area contributed by atoms with Crippen LogP contribution in [0.5, 0.6) is 5.88 Å². The van der Waals surface area contributed by atoms with Crippen LogP contribution in [-0.4, -0.2) is 34.2 Å². The molecule has 1 N–H and O–H groups in total. The van der Waals surface area contributed by atoms with E-state index in [1.807, 2.05) is 0 Å². The molecule has 1 heterocycles. The molecular formula is C8H7BrF2N2O4. The molecule has 0 saturated carbocycles. The molecule has 0 fully saturated rings. The van der Waals surface area contributed by atoms with Crippen LogP contribution >= 0.6 is 15.9 Å². The Bertz CT molecular complexity index is 430. The normalized spacial score (nSPS) is 11.3. The molecule has 0 unspecified atom stereocenters. The number of aliphatic hydroxyl groups excluding tert-OH is 1. The number of alkyl halides is 2. The fourth-order valence-corrected chi connectivity index (χ4v) is 1.20. The van der Waals surface area contributed by atoms with Gasteiger partial charge in [-0.1, -0.05) is 0 Å². The molecule has 17 heavy (non-hydrogen) atoms. The fraction of sp³-hybridized carbons (Fsp3) is 0.375. The highest BCUT2D eigenvalue weighted by atomic mass is 79.9. The van der Waals surface area contributed by atoms with Gasteiger partial charge in [-0.25, -0.2) is 13.8 Å². The van der Waals surface area contributed by atoms with Crippen LogP contribution in [0.2, 0.25) is 0 Å². The molecule has 0 amide bonds. The lowest BCUT2D eigenvalue weighted by atomic mass is 10.4. The van der Waals surface area contributed by atoms with E-state index in [-0.39, 0.29) is 0 Å². The first-order chi connectivity index (χ1) is 7.85. The third-order valence-electron chi connectivity index (χ3n) is 1.65. The second kappa shape index (κ2) is 5.32.